The topological polar surface area (TPSA) is 82.1 Å². The van der Waals surface area contributed by atoms with Gasteiger partial charge in [-0.3, -0.25) is 24.7 Å². The quantitative estimate of drug-likeness (QED) is 0.169. The first-order valence-corrected chi connectivity index (χ1v) is 15.7. The van der Waals surface area contributed by atoms with Crippen LogP contribution in [0.5, 0.6) is 0 Å². The summed E-state index contributed by atoms with van der Waals surface area (Å²) >= 11 is 18.5. The van der Waals surface area contributed by atoms with Gasteiger partial charge < -0.3 is 0 Å². The molecule has 10 heteroatoms. The molecule has 2 aliphatic heterocycles. The Labute approximate surface area is 257 Å². The fraction of sp³-hybridized carbons (Fsp3) is 0.484. The molecule has 0 radical (unpaired) electrons. The molecule has 0 aromatic heterocycles. The Hall–Kier alpha value is -2.61. The lowest BCUT2D eigenvalue weighted by Crippen LogP contribution is -2.36. The largest absolute Gasteiger partial charge is 0.277 e. The molecule has 2 aromatic carbocycles. The van der Waals surface area contributed by atoms with Crippen LogP contribution in [0.2, 0.25) is 15.1 Å². The van der Waals surface area contributed by atoms with E-state index in [0.29, 0.717) is 27.9 Å². The van der Waals surface area contributed by atoms with Crippen LogP contribution in [0, 0.1) is 5.92 Å². The number of halogens is 3. The third kappa shape index (κ3) is 8.24. The third-order valence-electron chi connectivity index (χ3n) is 7.53. The number of carbonyl (C=O) groups is 3. The van der Waals surface area contributed by atoms with Crippen molar-refractivity contribution in [3.05, 3.63) is 51.5 Å². The minimum Gasteiger partial charge on any atom is -0.277 e. The van der Waals surface area contributed by atoms with E-state index in [2.05, 4.69) is 17.3 Å². The normalized spacial score (nSPS) is 18.2. The molecule has 2 fully saturated rings. The highest BCUT2D eigenvalue weighted by Gasteiger charge is 2.39. The maximum Gasteiger partial charge on any atom is 0.253 e. The zero-order valence-electron chi connectivity index (χ0n) is 23.4. The number of carbonyl (C=O) groups excluding carboxylic acids is 3. The zero-order valence-corrected chi connectivity index (χ0v) is 25.7. The summed E-state index contributed by atoms with van der Waals surface area (Å²) in [5.41, 5.74) is 4.36. The highest BCUT2D eigenvalue weighted by Crippen LogP contribution is 2.37. The maximum absolute atomic E-state index is 13.0. The molecule has 0 aliphatic carbocycles. The van der Waals surface area contributed by atoms with Gasteiger partial charge in [0.1, 0.15) is 11.5 Å². The smallest absolute Gasteiger partial charge is 0.253 e. The van der Waals surface area contributed by atoms with Crippen LogP contribution >= 0.6 is 34.8 Å². The van der Waals surface area contributed by atoms with Crippen LogP contribution in [0.3, 0.4) is 0 Å². The number of hydrazine groups is 1. The number of anilines is 2. The lowest BCUT2D eigenvalue weighted by molar-refractivity contribution is -0.122. The average molecular weight is 620 g/mol. The molecule has 1 unspecified atom stereocenters. The van der Waals surface area contributed by atoms with E-state index < -0.39 is 0 Å². The molecular weight excluding hydrogens is 583 g/mol. The Morgan fingerprint density at radius 3 is 2.02 bits per heavy atom. The van der Waals surface area contributed by atoms with Crippen LogP contribution in [0.15, 0.2) is 41.4 Å². The molecule has 1 atom stereocenters. The van der Waals surface area contributed by atoms with Gasteiger partial charge >= 0.3 is 0 Å². The van der Waals surface area contributed by atoms with Crippen LogP contribution in [0.25, 0.3) is 0 Å². The van der Waals surface area contributed by atoms with E-state index >= 15 is 0 Å². The SMILES string of the molecule is CCCCCCCCCCCCC1CC(=O)N(c2ccc(N=C3CC(=O)N(c4c(Cl)cc(Cl)cc4Cl)N3)cc2)C1=O. The molecule has 1 N–H and O–H groups in total. The monoisotopic (exact) mass is 618 g/mol. The molecule has 2 saturated heterocycles. The van der Waals surface area contributed by atoms with E-state index in [1.54, 1.807) is 24.3 Å². The van der Waals surface area contributed by atoms with Gasteiger partial charge in [0.05, 0.1) is 27.8 Å². The fourth-order valence-electron chi connectivity index (χ4n) is 5.35. The minimum absolute atomic E-state index is 0.0285. The predicted octanol–water partition coefficient (Wildman–Crippen LogP) is 8.81. The number of hydrogen-bond acceptors (Lipinski definition) is 4. The van der Waals surface area contributed by atoms with Crippen molar-refractivity contribution in [3.8, 4) is 0 Å². The Morgan fingerprint density at radius 2 is 1.41 bits per heavy atom. The van der Waals surface area contributed by atoms with Crippen LogP contribution in [0.1, 0.15) is 90.4 Å². The second-order valence-electron chi connectivity index (χ2n) is 10.7. The number of nitrogens with zero attached hydrogens (tertiary/aromatic N) is 3. The van der Waals surface area contributed by atoms with E-state index in [-0.39, 0.29) is 46.5 Å². The molecule has 7 nitrogen and oxygen atoms in total. The van der Waals surface area contributed by atoms with Crippen LogP contribution in [-0.2, 0) is 14.4 Å². The highest BCUT2D eigenvalue weighted by molar-refractivity contribution is 6.42. The lowest BCUT2D eigenvalue weighted by Gasteiger charge is -2.19. The molecular formula is C31H37Cl3N4O3. The van der Waals surface area contributed by atoms with Crippen molar-refractivity contribution in [3.63, 3.8) is 0 Å². The summed E-state index contributed by atoms with van der Waals surface area (Å²) in [7, 11) is 0. The number of amides is 3. The molecule has 2 heterocycles. The second kappa shape index (κ2) is 15.0. The minimum atomic E-state index is -0.270. The molecule has 2 aromatic rings. The van der Waals surface area contributed by atoms with Gasteiger partial charge in [0.15, 0.2) is 0 Å². The van der Waals surface area contributed by atoms with Crippen LogP contribution < -0.4 is 15.3 Å². The summed E-state index contributed by atoms with van der Waals surface area (Å²) in [4.78, 5) is 44.2. The highest BCUT2D eigenvalue weighted by atomic mass is 35.5. The number of benzene rings is 2. The summed E-state index contributed by atoms with van der Waals surface area (Å²) in [6, 6.07) is 9.87. The van der Waals surface area contributed by atoms with Gasteiger partial charge in [-0.1, -0.05) is 106 Å². The van der Waals surface area contributed by atoms with Gasteiger partial charge in [-0.2, -0.15) is 0 Å². The first-order valence-electron chi connectivity index (χ1n) is 14.6. The lowest BCUT2D eigenvalue weighted by atomic mass is 9.98. The van der Waals surface area contributed by atoms with E-state index in [0.717, 1.165) is 19.3 Å². The molecule has 0 saturated carbocycles. The number of amidine groups is 1. The Balaban J connectivity index is 1.27. The van der Waals surface area contributed by atoms with E-state index in [1.165, 1.54) is 73.4 Å². The van der Waals surface area contributed by atoms with Gasteiger partial charge in [-0.05, 0) is 42.8 Å². The number of imide groups is 1. The van der Waals surface area contributed by atoms with Crippen LogP contribution in [0.4, 0.5) is 17.1 Å². The molecule has 4 rings (SSSR count). The van der Waals surface area contributed by atoms with Crippen molar-refractivity contribution < 1.29 is 14.4 Å². The van der Waals surface area contributed by atoms with Crippen LogP contribution in [-0.4, -0.2) is 23.6 Å². The Morgan fingerprint density at radius 1 is 0.829 bits per heavy atom. The number of unbranched alkanes of at least 4 members (excludes halogenated alkanes) is 9. The predicted molar refractivity (Wildman–Crippen MR) is 167 cm³/mol. The van der Waals surface area contributed by atoms with Crippen molar-refractivity contribution in [1.82, 2.24) is 5.43 Å². The zero-order chi connectivity index (χ0) is 29.4. The number of aliphatic imine (C=N–C) groups is 1. The van der Waals surface area contributed by atoms with Crippen molar-refractivity contribution in [2.24, 2.45) is 10.9 Å². The molecule has 41 heavy (non-hydrogen) atoms. The first kappa shape index (κ1) is 31.3. The van der Waals surface area contributed by atoms with Gasteiger partial charge in [-0.15, -0.1) is 0 Å². The third-order valence-corrected chi connectivity index (χ3v) is 8.33. The van der Waals surface area contributed by atoms with Crippen molar-refractivity contribution >= 4 is 75.4 Å². The second-order valence-corrected chi connectivity index (χ2v) is 12.0. The van der Waals surface area contributed by atoms with Gasteiger partial charge in [0.2, 0.25) is 11.8 Å². The van der Waals surface area contributed by atoms with E-state index in [4.69, 9.17) is 34.8 Å². The van der Waals surface area contributed by atoms with Gasteiger partial charge in [-0.25, -0.2) is 10.0 Å². The van der Waals surface area contributed by atoms with Crippen molar-refractivity contribution in [2.45, 2.75) is 90.4 Å². The van der Waals surface area contributed by atoms with Gasteiger partial charge in [0.25, 0.3) is 5.91 Å². The number of rotatable bonds is 14. The fourth-order valence-corrected chi connectivity index (χ4v) is 6.33. The van der Waals surface area contributed by atoms with E-state index in [1.807, 2.05) is 0 Å². The molecule has 220 valence electrons. The molecule has 2 aliphatic rings. The Kier molecular flexibility index (Phi) is 11.5. The molecule has 3 amide bonds. The summed E-state index contributed by atoms with van der Waals surface area (Å²) < 4.78 is 0. The van der Waals surface area contributed by atoms with Crippen molar-refractivity contribution in [1.29, 1.82) is 0 Å². The average Bonchev–Trinajstić information content (AvgIpc) is 3.42. The number of nitrogens with one attached hydrogen (secondary N) is 1. The maximum atomic E-state index is 13.0. The Bertz CT molecular complexity index is 1260. The van der Waals surface area contributed by atoms with Crippen molar-refractivity contribution in [2.75, 3.05) is 9.91 Å². The summed E-state index contributed by atoms with van der Waals surface area (Å²) in [6.07, 6.45) is 13.4. The number of hydrogen-bond donors (Lipinski definition) is 1. The first-order chi connectivity index (χ1) is 19.8. The molecule has 0 bridgehead atoms. The summed E-state index contributed by atoms with van der Waals surface area (Å²) in [6.45, 7) is 2.24. The summed E-state index contributed by atoms with van der Waals surface area (Å²) in [5.74, 6) is -0.396. The summed E-state index contributed by atoms with van der Waals surface area (Å²) in [5, 5.41) is 2.09. The van der Waals surface area contributed by atoms with Gasteiger partial charge in [0, 0.05) is 17.4 Å². The molecule has 0 spiro atoms. The standard InChI is InChI=1S/C31H37Cl3N4O3/c1-2-3-4-5-6-7-8-9-10-11-12-21-17-28(39)37(31(21)41)24-15-13-23(14-16-24)35-27-20-29(40)38(36-27)30-25(33)18-22(32)19-26(30)34/h13-16,18-19,21H,2-12,17,20H2,1H3,(H,35,36). The van der Waals surface area contributed by atoms with E-state index in [9.17, 15) is 14.4 Å².